The lowest BCUT2D eigenvalue weighted by molar-refractivity contribution is -0.162. The molecule has 2 N–H and O–H groups in total. The Morgan fingerprint density at radius 3 is 2.59 bits per heavy atom. The molecule has 0 saturated carbocycles. The van der Waals surface area contributed by atoms with Gasteiger partial charge >= 0.3 is 5.97 Å². The Morgan fingerprint density at radius 1 is 1.16 bits per heavy atom. The molecule has 32 heavy (non-hydrogen) atoms. The highest BCUT2D eigenvalue weighted by atomic mass is 32.2. The highest BCUT2D eigenvalue weighted by Gasteiger charge is 2.34. The van der Waals surface area contributed by atoms with Gasteiger partial charge in [0.15, 0.2) is 0 Å². The Labute approximate surface area is 189 Å². The van der Waals surface area contributed by atoms with E-state index in [0.717, 1.165) is 22.9 Å². The van der Waals surface area contributed by atoms with Crippen molar-refractivity contribution in [2.24, 2.45) is 0 Å². The fourth-order valence-electron chi connectivity index (χ4n) is 3.23. The van der Waals surface area contributed by atoms with Crippen LogP contribution in [-0.2, 0) is 25.7 Å². The number of carbonyl (C=O) groups excluding carboxylic acids is 3. The molecule has 8 nitrogen and oxygen atoms in total. The molecule has 2 aliphatic rings. The molecule has 0 radical (unpaired) electrons. The standard InChI is InChI=1S/C23H22N2O6S/c26-21-19(32-23(28)25-21)12-15-6-8-17(9-7-15)31-20(18-13-24-10-11-29-18)22(27)30-14-16-4-2-1-3-5-16/h1-9,12,18,20,24H,10-11,13-14H2,(H,25,26,28)/t18-,20?/m1/s1. The molecule has 0 bridgehead atoms. The van der Waals surface area contributed by atoms with Crippen molar-refractivity contribution in [3.05, 3.63) is 70.6 Å². The van der Waals surface area contributed by atoms with Crippen molar-refractivity contribution in [1.29, 1.82) is 0 Å². The van der Waals surface area contributed by atoms with Gasteiger partial charge in [-0.05, 0) is 41.1 Å². The number of thioether (sulfide) groups is 1. The van der Waals surface area contributed by atoms with Crippen molar-refractivity contribution in [3.8, 4) is 5.75 Å². The van der Waals surface area contributed by atoms with Crippen LogP contribution in [0.1, 0.15) is 11.1 Å². The molecule has 4 rings (SSSR count). The van der Waals surface area contributed by atoms with Crippen molar-refractivity contribution in [3.63, 3.8) is 0 Å². The summed E-state index contributed by atoms with van der Waals surface area (Å²) in [5, 5.41) is 5.03. The van der Waals surface area contributed by atoms with Crippen molar-refractivity contribution in [2.45, 2.75) is 18.8 Å². The van der Waals surface area contributed by atoms with Gasteiger partial charge in [0.05, 0.1) is 11.5 Å². The van der Waals surface area contributed by atoms with Gasteiger partial charge in [0.2, 0.25) is 6.10 Å². The molecule has 2 atom stereocenters. The molecule has 0 aliphatic carbocycles. The third-order valence-corrected chi connectivity index (χ3v) is 5.64. The molecule has 1 unspecified atom stereocenters. The highest BCUT2D eigenvalue weighted by Crippen LogP contribution is 2.26. The summed E-state index contributed by atoms with van der Waals surface area (Å²) in [6, 6.07) is 16.3. The number of esters is 1. The number of rotatable bonds is 7. The molecule has 2 aromatic carbocycles. The maximum Gasteiger partial charge on any atom is 0.350 e. The minimum atomic E-state index is -0.940. The van der Waals surface area contributed by atoms with Gasteiger partial charge in [-0.3, -0.25) is 14.9 Å². The van der Waals surface area contributed by atoms with Crippen LogP contribution in [0, 0.1) is 0 Å². The van der Waals surface area contributed by atoms with Crippen molar-refractivity contribution in [1.82, 2.24) is 10.6 Å². The van der Waals surface area contributed by atoms with Crippen molar-refractivity contribution in [2.75, 3.05) is 19.7 Å². The molecule has 2 aliphatic heterocycles. The summed E-state index contributed by atoms with van der Waals surface area (Å²) < 4.78 is 17.2. The summed E-state index contributed by atoms with van der Waals surface area (Å²) in [6.45, 7) is 1.79. The molecule has 9 heteroatoms. The van der Waals surface area contributed by atoms with Gasteiger partial charge in [0.25, 0.3) is 11.1 Å². The Morgan fingerprint density at radius 2 is 1.94 bits per heavy atom. The third kappa shape index (κ3) is 5.76. The van der Waals surface area contributed by atoms with Crippen LogP contribution in [0.4, 0.5) is 4.79 Å². The quantitative estimate of drug-likeness (QED) is 0.486. The molecule has 2 amide bonds. The largest absolute Gasteiger partial charge is 0.476 e. The van der Waals surface area contributed by atoms with E-state index in [1.165, 1.54) is 0 Å². The summed E-state index contributed by atoms with van der Waals surface area (Å²) in [6.07, 6.45) is 0.192. The summed E-state index contributed by atoms with van der Waals surface area (Å²) in [4.78, 5) is 36.2. The number of hydrogen-bond donors (Lipinski definition) is 2. The molecular formula is C23H22N2O6S. The summed E-state index contributed by atoms with van der Waals surface area (Å²) in [5.74, 6) is -0.461. The maximum atomic E-state index is 12.8. The second-order valence-corrected chi connectivity index (χ2v) is 8.18. The van der Waals surface area contributed by atoms with Gasteiger partial charge in [0, 0.05) is 13.1 Å². The van der Waals surface area contributed by atoms with Crippen LogP contribution in [0.5, 0.6) is 5.75 Å². The van der Waals surface area contributed by atoms with E-state index in [1.807, 2.05) is 30.3 Å². The maximum absolute atomic E-state index is 12.8. The Kier molecular flexibility index (Phi) is 7.21. The van der Waals surface area contributed by atoms with E-state index >= 15 is 0 Å². The Balaban J connectivity index is 1.44. The molecule has 2 aromatic rings. The molecule has 2 heterocycles. The third-order valence-electron chi connectivity index (χ3n) is 4.83. The minimum Gasteiger partial charge on any atom is -0.476 e. The smallest absolute Gasteiger partial charge is 0.350 e. The first-order valence-corrected chi connectivity index (χ1v) is 10.9. The average molecular weight is 455 g/mol. The van der Waals surface area contributed by atoms with Crippen molar-refractivity contribution >= 4 is 35.0 Å². The molecule has 166 valence electrons. The zero-order chi connectivity index (χ0) is 22.3. The van der Waals surface area contributed by atoms with Gasteiger partial charge in [0.1, 0.15) is 18.5 Å². The second-order valence-electron chi connectivity index (χ2n) is 7.17. The predicted octanol–water partition coefficient (Wildman–Crippen LogP) is 2.49. The molecular weight excluding hydrogens is 432 g/mol. The van der Waals surface area contributed by atoms with E-state index < -0.39 is 24.1 Å². The van der Waals surface area contributed by atoms with Gasteiger partial charge < -0.3 is 19.5 Å². The van der Waals surface area contributed by atoms with Crippen LogP contribution >= 0.6 is 11.8 Å². The normalized spacial score (nSPS) is 20.6. The molecule has 0 spiro atoms. The van der Waals surface area contributed by atoms with E-state index in [4.69, 9.17) is 14.2 Å². The highest BCUT2D eigenvalue weighted by molar-refractivity contribution is 8.18. The molecule has 2 saturated heterocycles. The monoisotopic (exact) mass is 454 g/mol. The fraction of sp³-hybridized carbons (Fsp3) is 0.261. The zero-order valence-electron chi connectivity index (χ0n) is 17.1. The summed E-state index contributed by atoms with van der Waals surface area (Å²) in [7, 11) is 0. The van der Waals surface area contributed by atoms with E-state index in [1.54, 1.807) is 30.3 Å². The van der Waals surface area contributed by atoms with Gasteiger partial charge in [-0.1, -0.05) is 42.5 Å². The van der Waals surface area contributed by atoms with E-state index in [2.05, 4.69) is 10.6 Å². The first-order chi connectivity index (χ1) is 15.6. The van der Waals surface area contributed by atoms with Crippen LogP contribution in [0.15, 0.2) is 59.5 Å². The zero-order valence-corrected chi connectivity index (χ0v) is 17.9. The van der Waals surface area contributed by atoms with E-state index in [9.17, 15) is 14.4 Å². The lowest BCUT2D eigenvalue weighted by Crippen LogP contribution is -2.51. The number of benzene rings is 2. The van der Waals surface area contributed by atoms with Crippen LogP contribution < -0.4 is 15.4 Å². The number of carbonyl (C=O) groups is 3. The predicted molar refractivity (Wildman–Crippen MR) is 119 cm³/mol. The topological polar surface area (TPSA) is 103 Å². The van der Waals surface area contributed by atoms with Gasteiger partial charge in [-0.15, -0.1) is 0 Å². The second kappa shape index (κ2) is 10.4. The first-order valence-electron chi connectivity index (χ1n) is 10.1. The number of hydrogen-bond acceptors (Lipinski definition) is 8. The fourth-order valence-corrected chi connectivity index (χ4v) is 3.91. The number of ether oxygens (including phenoxy) is 3. The van der Waals surface area contributed by atoms with E-state index in [0.29, 0.717) is 30.4 Å². The van der Waals surface area contributed by atoms with Gasteiger partial charge in [-0.2, -0.15) is 0 Å². The van der Waals surface area contributed by atoms with Crippen molar-refractivity contribution < 1.29 is 28.6 Å². The van der Waals surface area contributed by atoms with Crippen LogP contribution in [0.3, 0.4) is 0 Å². The lowest BCUT2D eigenvalue weighted by atomic mass is 10.1. The SMILES string of the molecule is O=C1NC(=O)C(=Cc2ccc(OC(C(=O)OCc3ccccc3)[C@H]3CNCCO3)cc2)S1. The lowest BCUT2D eigenvalue weighted by Gasteiger charge is -2.30. The minimum absolute atomic E-state index is 0.143. The van der Waals surface area contributed by atoms with Gasteiger partial charge in [-0.25, -0.2) is 4.79 Å². The number of morpholine rings is 1. The Bertz CT molecular complexity index is 1000. The molecule has 2 fully saturated rings. The average Bonchev–Trinajstić information content (AvgIpc) is 3.14. The number of nitrogens with one attached hydrogen (secondary N) is 2. The van der Waals surface area contributed by atoms with Crippen LogP contribution in [-0.4, -0.2) is 49.0 Å². The first kappa shape index (κ1) is 22.1. The number of imide groups is 1. The summed E-state index contributed by atoms with van der Waals surface area (Å²) in [5.41, 5.74) is 1.61. The van der Waals surface area contributed by atoms with Crippen LogP contribution in [0.25, 0.3) is 6.08 Å². The Hall–Kier alpha value is -3.14. The summed E-state index contributed by atoms with van der Waals surface area (Å²) >= 11 is 0.855. The van der Waals surface area contributed by atoms with E-state index in [-0.39, 0.29) is 11.8 Å². The number of amides is 2. The van der Waals surface area contributed by atoms with Crippen LogP contribution in [0.2, 0.25) is 0 Å². The molecule has 0 aromatic heterocycles.